The number of hydrogen-bond acceptors (Lipinski definition) is 3. The molecule has 4 heteroatoms. The number of nitrogens with zero attached hydrogens (tertiary/aromatic N) is 2. The van der Waals surface area contributed by atoms with Crippen molar-refractivity contribution in [2.24, 2.45) is 0 Å². The van der Waals surface area contributed by atoms with E-state index in [1.54, 1.807) is 25.1 Å². The lowest BCUT2D eigenvalue weighted by Crippen LogP contribution is -2.29. The molecule has 0 spiro atoms. The van der Waals surface area contributed by atoms with Crippen LogP contribution in [-0.2, 0) is 5.60 Å². The monoisotopic (exact) mass is 232 g/mol. The fourth-order valence-corrected chi connectivity index (χ4v) is 1.82. The molecule has 0 aliphatic rings. The summed E-state index contributed by atoms with van der Waals surface area (Å²) in [5, 5.41) is 10.6. The van der Waals surface area contributed by atoms with Gasteiger partial charge in [-0.15, -0.1) is 0 Å². The molecular formula is C13H13FN2O. The Labute approximate surface area is 99.0 Å². The van der Waals surface area contributed by atoms with Gasteiger partial charge in [-0.05, 0) is 12.5 Å². The van der Waals surface area contributed by atoms with E-state index in [4.69, 9.17) is 0 Å². The van der Waals surface area contributed by atoms with E-state index in [9.17, 15) is 9.50 Å². The van der Waals surface area contributed by atoms with Gasteiger partial charge in [0.25, 0.3) is 0 Å². The number of aliphatic hydroxyl groups is 1. The molecule has 0 amide bonds. The molecule has 1 N–H and O–H groups in total. The van der Waals surface area contributed by atoms with Crippen molar-refractivity contribution < 1.29 is 9.50 Å². The Morgan fingerprint density at radius 3 is 2.65 bits per heavy atom. The zero-order chi connectivity index (χ0) is 12.3. The first-order valence-electron chi connectivity index (χ1n) is 5.42. The highest BCUT2D eigenvalue weighted by atomic mass is 19.1. The van der Waals surface area contributed by atoms with E-state index in [2.05, 4.69) is 9.97 Å². The van der Waals surface area contributed by atoms with Crippen LogP contribution in [0.5, 0.6) is 0 Å². The zero-order valence-corrected chi connectivity index (χ0v) is 9.47. The van der Waals surface area contributed by atoms with Crippen LogP contribution < -0.4 is 0 Å². The third kappa shape index (κ3) is 2.03. The molecule has 1 aromatic carbocycles. The summed E-state index contributed by atoms with van der Waals surface area (Å²) in [6.07, 6.45) is 4.78. The fourth-order valence-electron chi connectivity index (χ4n) is 1.82. The molecule has 0 aliphatic carbocycles. The van der Waals surface area contributed by atoms with Crippen LogP contribution in [0.1, 0.15) is 24.6 Å². The highest BCUT2D eigenvalue weighted by Gasteiger charge is 2.33. The Kier molecular flexibility index (Phi) is 3.15. The first-order valence-corrected chi connectivity index (χ1v) is 5.42. The Hall–Kier alpha value is -1.81. The summed E-state index contributed by atoms with van der Waals surface area (Å²) >= 11 is 0. The third-order valence-electron chi connectivity index (χ3n) is 2.82. The Morgan fingerprint density at radius 1 is 1.29 bits per heavy atom. The van der Waals surface area contributed by atoms with Crippen molar-refractivity contribution in [2.45, 2.75) is 18.9 Å². The summed E-state index contributed by atoms with van der Waals surface area (Å²) in [6, 6.07) is 6.17. The quantitative estimate of drug-likeness (QED) is 0.882. The van der Waals surface area contributed by atoms with Gasteiger partial charge in [-0.2, -0.15) is 0 Å². The minimum atomic E-state index is -1.43. The van der Waals surface area contributed by atoms with Crippen LogP contribution >= 0.6 is 0 Å². The van der Waals surface area contributed by atoms with Crippen LogP contribution in [0.15, 0.2) is 42.9 Å². The van der Waals surface area contributed by atoms with Crippen LogP contribution in [0.4, 0.5) is 4.39 Å². The normalized spacial score (nSPS) is 14.3. The maximum absolute atomic E-state index is 13.7. The predicted octanol–water partition coefficient (Wildman–Crippen LogP) is 2.26. The van der Waals surface area contributed by atoms with E-state index >= 15 is 0 Å². The summed E-state index contributed by atoms with van der Waals surface area (Å²) in [5.74, 6) is -0.442. The molecule has 1 atom stereocenters. The highest BCUT2D eigenvalue weighted by molar-refractivity contribution is 5.32. The van der Waals surface area contributed by atoms with Crippen LogP contribution in [0, 0.1) is 5.82 Å². The molecular weight excluding hydrogens is 219 g/mol. The van der Waals surface area contributed by atoms with E-state index in [0.717, 1.165) is 0 Å². The maximum atomic E-state index is 13.7. The minimum absolute atomic E-state index is 0.225. The summed E-state index contributed by atoms with van der Waals surface area (Å²) in [5.41, 5.74) is -0.852. The lowest BCUT2D eigenvalue weighted by atomic mass is 9.88. The third-order valence-corrected chi connectivity index (χ3v) is 2.82. The lowest BCUT2D eigenvalue weighted by Gasteiger charge is -2.26. The molecule has 1 heterocycles. The molecule has 1 unspecified atom stereocenters. The first kappa shape index (κ1) is 11.7. The van der Waals surface area contributed by atoms with Crippen molar-refractivity contribution in [2.75, 3.05) is 0 Å². The molecule has 0 aliphatic heterocycles. The summed E-state index contributed by atoms with van der Waals surface area (Å²) < 4.78 is 13.7. The van der Waals surface area contributed by atoms with E-state index in [1.807, 2.05) is 0 Å². The molecule has 0 fully saturated rings. The Morgan fingerprint density at radius 2 is 2.06 bits per heavy atom. The van der Waals surface area contributed by atoms with Gasteiger partial charge in [0.2, 0.25) is 0 Å². The van der Waals surface area contributed by atoms with E-state index in [0.29, 0.717) is 12.1 Å². The van der Waals surface area contributed by atoms with Crippen molar-refractivity contribution in [1.82, 2.24) is 9.97 Å². The number of rotatable bonds is 3. The SMILES string of the molecule is CCC(O)(c1cnccn1)c1ccccc1F. The van der Waals surface area contributed by atoms with Crippen LogP contribution in [-0.4, -0.2) is 15.1 Å². The van der Waals surface area contributed by atoms with E-state index < -0.39 is 11.4 Å². The first-order chi connectivity index (χ1) is 8.18. The van der Waals surface area contributed by atoms with Crippen molar-refractivity contribution in [3.63, 3.8) is 0 Å². The number of aromatic nitrogens is 2. The second kappa shape index (κ2) is 4.59. The standard InChI is InChI=1S/C13H13FN2O/c1-2-13(17,12-9-15-7-8-16-12)10-5-3-4-6-11(10)14/h3-9,17H,2H2,1H3. The van der Waals surface area contributed by atoms with Gasteiger partial charge in [0.1, 0.15) is 11.4 Å². The van der Waals surface area contributed by atoms with Gasteiger partial charge in [-0.25, -0.2) is 4.39 Å². The molecule has 0 saturated carbocycles. The maximum Gasteiger partial charge on any atom is 0.136 e. The largest absolute Gasteiger partial charge is 0.379 e. The van der Waals surface area contributed by atoms with Gasteiger partial charge in [-0.3, -0.25) is 9.97 Å². The van der Waals surface area contributed by atoms with Gasteiger partial charge in [0.15, 0.2) is 0 Å². The number of hydrogen-bond donors (Lipinski definition) is 1. The fraction of sp³-hybridized carbons (Fsp3) is 0.231. The van der Waals surface area contributed by atoms with Gasteiger partial charge in [0.05, 0.1) is 11.9 Å². The van der Waals surface area contributed by atoms with Crippen LogP contribution in [0.2, 0.25) is 0 Å². The van der Waals surface area contributed by atoms with E-state index in [1.165, 1.54) is 24.7 Å². The molecule has 0 bridgehead atoms. The van der Waals surface area contributed by atoms with Gasteiger partial charge in [-0.1, -0.05) is 25.1 Å². The molecule has 2 aromatic rings. The van der Waals surface area contributed by atoms with Crippen molar-refractivity contribution in [3.05, 3.63) is 59.9 Å². The molecule has 3 nitrogen and oxygen atoms in total. The smallest absolute Gasteiger partial charge is 0.136 e. The molecule has 1 aromatic heterocycles. The van der Waals surface area contributed by atoms with Crippen LogP contribution in [0.25, 0.3) is 0 Å². The van der Waals surface area contributed by atoms with E-state index in [-0.39, 0.29) is 5.56 Å². The van der Waals surface area contributed by atoms with Crippen molar-refractivity contribution >= 4 is 0 Å². The Bertz CT molecular complexity index is 504. The predicted molar refractivity (Wildman–Crippen MR) is 61.7 cm³/mol. The summed E-state index contributed by atoms with van der Waals surface area (Å²) in [6.45, 7) is 1.78. The molecule has 88 valence electrons. The summed E-state index contributed by atoms with van der Waals surface area (Å²) in [7, 11) is 0. The number of benzene rings is 1. The van der Waals surface area contributed by atoms with Crippen LogP contribution in [0.3, 0.4) is 0 Å². The zero-order valence-electron chi connectivity index (χ0n) is 9.47. The van der Waals surface area contributed by atoms with Crippen molar-refractivity contribution in [1.29, 1.82) is 0 Å². The molecule has 17 heavy (non-hydrogen) atoms. The van der Waals surface area contributed by atoms with Gasteiger partial charge < -0.3 is 5.11 Å². The summed E-state index contributed by atoms with van der Waals surface area (Å²) in [4.78, 5) is 7.97. The second-order valence-corrected chi connectivity index (χ2v) is 3.78. The highest BCUT2D eigenvalue weighted by Crippen LogP contribution is 2.32. The van der Waals surface area contributed by atoms with Gasteiger partial charge in [0, 0.05) is 18.0 Å². The van der Waals surface area contributed by atoms with Gasteiger partial charge >= 0.3 is 0 Å². The topological polar surface area (TPSA) is 46.0 Å². The molecule has 0 radical (unpaired) electrons. The van der Waals surface area contributed by atoms with Crippen molar-refractivity contribution in [3.8, 4) is 0 Å². The molecule has 2 rings (SSSR count). The Balaban J connectivity index is 2.56. The minimum Gasteiger partial charge on any atom is -0.379 e. The second-order valence-electron chi connectivity index (χ2n) is 3.78. The average molecular weight is 232 g/mol. The average Bonchev–Trinajstić information content (AvgIpc) is 2.39. The molecule has 0 saturated heterocycles. The number of halogens is 1. The lowest BCUT2D eigenvalue weighted by molar-refractivity contribution is 0.0676.